The van der Waals surface area contributed by atoms with Gasteiger partial charge in [-0.3, -0.25) is 4.79 Å². The number of H-pyrrole nitrogens is 1. The zero-order valence-corrected chi connectivity index (χ0v) is 9.77. The van der Waals surface area contributed by atoms with E-state index in [4.69, 9.17) is 5.11 Å². The molecule has 1 fully saturated rings. The molecule has 1 aromatic rings. The van der Waals surface area contributed by atoms with Crippen molar-refractivity contribution in [3.63, 3.8) is 0 Å². The number of hydrogen-bond acceptors (Lipinski definition) is 4. The standard InChI is InChI=1S/C11H15N3O4/c15-9(7-8(10(16)17)14-6-13-7)12-5-11(18)3-1-2-4-11/h6,18H,1-5H2,(H,12,15)(H,13,14)(H,16,17). The monoisotopic (exact) mass is 253 g/mol. The van der Waals surface area contributed by atoms with Crippen LogP contribution in [-0.2, 0) is 0 Å². The van der Waals surface area contributed by atoms with E-state index in [2.05, 4.69) is 15.3 Å². The number of aromatic carboxylic acids is 1. The molecule has 4 N–H and O–H groups in total. The highest BCUT2D eigenvalue weighted by Crippen LogP contribution is 2.28. The summed E-state index contributed by atoms with van der Waals surface area (Å²) in [4.78, 5) is 28.6. The van der Waals surface area contributed by atoms with Gasteiger partial charge in [0.25, 0.3) is 5.91 Å². The number of amides is 1. The summed E-state index contributed by atoms with van der Waals surface area (Å²) in [6.45, 7) is 0.123. The van der Waals surface area contributed by atoms with Crippen LogP contribution in [0.1, 0.15) is 46.7 Å². The number of carboxylic acids is 1. The van der Waals surface area contributed by atoms with E-state index >= 15 is 0 Å². The van der Waals surface area contributed by atoms with Crippen molar-refractivity contribution in [3.8, 4) is 0 Å². The molecule has 0 aliphatic heterocycles. The SMILES string of the molecule is O=C(NCC1(O)CCCC1)c1nc[nH]c1C(=O)O. The number of rotatable bonds is 4. The number of imidazole rings is 1. The van der Waals surface area contributed by atoms with Crippen molar-refractivity contribution in [2.45, 2.75) is 31.3 Å². The van der Waals surface area contributed by atoms with Crippen molar-refractivity contribution >= 4 is 11.9 Å². The molecule has 7 heteroatoms. The number of carbonyl (C=O) groups excluding carboxylic acids is 1. The third-order valence-electron chi connectivity index (χ3n) is 3.18. The molecular weight excluding hydrogens is 238 g/mol. The molecule has 0 saturated heterocycles. The minimum Gasteiger partial charge on any atom is -0.477 e. The lowest BCUT2D eigenvalue weighted by Gasteiger charge is -2.21. The van der Waals surface area contributed by atoms with Gasteiger partial charge >= 0.3 is 5.97 Å². The van der Waals surface area contributed by atoms with Crippen LogP contribution in [0.25, 0.3) is 0 Å². The average Bonchev–Trinajstić information content (AvgIpc) is 2.95. The molecule has 1 heterocycles. The largest absolute Gasteiger partial charge is 0.477 e. The lowest BCUT2D eigenvalue weighted by Crippen LogP contribution is -2.41. The number of carbonyl (C=O) groups is 2. The van der Waals surface area contributed by atoms with Gasteiger partial charge < -0.3 is 20.5 Å². The van der Waals surface area contributed by atoms with Crippen molar-refractivity contribution in [1.82, 2.24) is 15.3 Å². The fourth-order valence-corrected chi connectivity index (χ4v) is 2.17. The summed E-state index contributed by atoms with van der Waals surface area (Å²) in [5.74, 6) is -1.83. The molecule has 0 radical (unpaired) electrons. The Labute approximate surface area is 103 Å². The van der Waals surface area contributed by atoms with Crippen LogP contribution in [0.3, 0.4) is 0 Å². The van der Waals surface area contributed by atoms with E-state index < -0.39 is 17.5 Å². The molecule has 0 spiro atoms. The average molecular weight is 253 g/mol. The molecule has 0 aromatic carbocycles. The third-order valence-corrected chi connectivity index (χ3v) is 3.18. The summed E-state index contributed by atoms with van der Waals surface area (Å²) in [6, 6.07) is 0. The van der Waals surface area contributed by atoms with Gasteiger partial charge in [-0.25, -0.2) is 9.78 Å². The predicted octanol–water partition coefficient (Wildman–Crippen LogP) is 0.143. The van der Waals surface area contributed by atoms with Crippen LogP contribution >= 0.6 is 0 Å². The van der Waals surface area contributed by atoms with E-state index in [1.807, 2.05) is 0 Å². The summed E-state index contributed by atoms with van der Waals surface area (Å²) < 4.78 is 0. The van der Waals surface area contributed by atoms with E-state index in [-0.39, 0.29) is 17.9 Å². The van der Waals surface area contributed by atoms with Gasteiger partial charge in [0.1, 0.15) is 0 Å². The van der Waals surface area contributed by atoms with E-state index in [9.17, 15) is 14.7 Å². The second kappa shape index (κ2) is 4.77. The fourth-order valence-electron chi connectivity index (χ4n) is 2.17. The first kappa shape index (κ1) is 12.6. The zero-order chi connectivity index (χ0) is 13.2. The van der Waals surface area contributed by atoms with E-state index in [0.29, 0.717) is 12.8 Å². The molecular formula is C11H15N3O4. The van der Waals surface area contributed by atoms with Crippen LogP contribution in [-0.4, -0.2) is 44.2 Å². The third kappa shape index (κ3) is 2.51. The summed E-state index contributed by atoms with van der Waals surface area (Å²) in [7, 11) is 0. The lowest BCUT2D eigenvalue weighted by molar-refractivity contribution is 0.0448. The fraction of sp³-hybridized carbons (Fsp3) is 0.545. The number of nitrogens with zero attached hydrogens (tertiary/aromatic N) is 1. The Kier molecular flexibility index (Phi) is 3.33. The molecule has 0 atom stereocenters. The summed E-state index contributed by atoms with van der Waals surface area (Å²) in [5, 5.41) is 21.4. The maximum Gasteiger partial charge on any atom is 0.354 e. The van der Waals surface area contributed by atoms with Gasteiger partial charge in [0.2, 0.25) is 0 Å². The maximum absolute atomic E-state index is 11.8. The van der Waals surface area contributed by atoms with Crippen LogP contribution in [0.15, 0.2) is 6.33 Å². The van der Waals surface area contributed by atoms with E-state index in [1.54, 1.807) is 0 Å². The minimum atomic E-state index is -1.24. The smallest absolute Gasteiger partial charge is 0.354 e. The van der Waals surface area contributed by atoms with Crippen LogP contribution in [0, 0.1) is 0 Å². The Bertz CT molecular complexity index is 463. The number of aliphatic hydroxyl groups is 1. The first-order valence-electron chi connectivity index (χ1n) is 5.79. The molecule has 2 rings (SSSR count). The molecule has 1 aromatic heterocycles. The van der Waals surface area contributed by atoms with Gasteiger partial charge in [-0.2, -0.15) is 0 Å². The highest BCUT2D eigenvalue weighted by molar-refractivity contribution is 6.02. The summed E-state index contributed by atoms with van der Waals surface area (Å²) >= 11 is 0. The second-order valence-electron chi connectivity index (χ2n) is 4.55. The molecule has 98 valence electrons. The number of nitrogens with one attached hydrogen (secondary N) is 2. The predicted molar refractivity (Wildman–Crippen MR) is 61.3 cm³/mol. The first-order valence-corrected chi connectivity index (χ1v) is 5.79. The van der Waals surface area contributed by atoms with Gasteiger partial charge in [0.05, 0.1) is 11.9 Å². The lowest BCUT2D eigenvalue weighted by atomic mass is 10.0. The van der Waals surface area contributed by atoms with Crippen molar-refractivity contribution in [1.29, 1.82) is 0 Å². The highest BCUT2D eigenvalue weighted by Gasteiger charge is 2.32. The van der Waals surface area contributed by atoms with E-state index in [1.165, 1.54) is 0 Å². The van der Waals surface area contributed by atoms with Crippen molar-refractivity contribution < 1.29 is 19.8 Å². The van der Waals surface area contributed by atoms with Gasteiger partial charge in [-0.1, -0.05) is 12.8 Å². The molecule has 1 aliphatic carbocycles. The Hall–Kier alpha value is -1.89. The quantitative estimate of drug-likeness (QED) is 0.609. The van der Waals surface area contributed by atoms with E-state index in [0.717, 1.165) is 19.2 Å². The van der Waals surface area contributed by atoms with Crippen molar-refractivity contribution in [3.05, 3.63) is 17.7 Å². The molecule has 1 saturated carbocycles. The Morgan fingerprint density at radius 2 is 2.11 bits per heavy atom. The summed E-state index contributed by atoms with van der Waals surface area (Å²) in [6.07, 6.45) is 4.34. The van der Waals surface area contributed by atoms with Gasteiger partial charge in [-0.15, -0.1) is 0 Å². The first-order chi connectivity index (χ1) is 8.52. The number of aromatic amines is 1. The number of carboxylic acid groups (broad SMARTS) is 1. The number of aromatic nitrogens is 2. The Balaban J connectivity index is 1.99. The Morgan fingerprint density at radius 3 is 2.72 bits per heavy atom. The topological polar surface area (TPSA) is 115 Å². The molecule has 7 nitrogen and oxygen atoms in total. The second-order valence-corrected chi connectivity index (χ2v) is 4.55. The van der Waals surface area contributed by atoms with Crippen molar-refractivity contribution in [2.75, 3.05) is 6.54 Å². The zero-order valence-electron chi connectivity index (χ0n) is 9.77. The molecule has 1 aliphatic rings. The van der Waals surface area contributed by atoms with Crippen LogP contribution in [0.5, 0.6) is 0 Å². The highest BCUT2D eigenvalue weighted by atomic mass is 16.4. The normalized spacial score (nSPS) is 17.6. The summed E-state index contributed by atoms with van der Waals surface area (Å²) in [5.41, 5.74) is -1.27. The molecule has 0 unspecified atom stereocenters. The minimum absolute atomic E-state index is 0.123. The van der Waals surface area contributed by atoms with Gasteiger partial charge in [0.15, 0.2) is 11.4 Å². The van der Waals surface area contributed by atoms with Crippen molar-refractivity contribution in [2.24, 2.45) is 0 Å². The Morgan fingerprint density at radius 1 is 1.44 bits per heavy atom. The van der Waals surface area contributed by atoms with Crippen LogP contribution in [0.2, 0.25) is 0 Å². The van der Waals surface area contributed by atoms with Gasteiger partial charge in [0, 0.05) is 6.54 Å². The van der Waals surface area contributed by atoms with Crippen LogP contribution < -0.4 is 5.32 Å². The molecule has 18 heavy (non-hydrogen) atoms. The molecule has 1 amide bonds. The van der Waals surface area contributed by atoms with Gasteiger partial charge in [-0.05, 0) is 12.8 Å². The van der Waals surface area contributed by atoms with Crippen LogP contribution in [0.4, 0.5) is 0 Å². The molecule has 0 bridgehead atoms. The maximum atomic E-state index is 11.8. The number of hydrogen-bond donors (Lipinski definition) is 4.